The fraction of sp³-hybridized carbons (Fsp3) is 1.00. The molecule has 1 radical (unpaired) electrons. The van der Waals surface area contributed by atoms with E-state index in [1.54, 1.807) is 0 Å². The number of rotatable bonds is 9. The Morgan fingerprint density at radius 1 is 0.600 bits per heavy atom. The monoisotopic (exact) mass is 299 g/mol. The van der Waals surface area contributed by atoms with Gasteiger partial charge in [-0.15, -0.1) is 0 Å². The summed E-state index contributed by atoms with van der Waals surface area (Å²) in [5.41, 5.74) is 0. The van der Waals surface area contributed by atoms with E-state index in [-0.39, 0.29) is 15.1 Å². The third-order valence-corrected chi connectivity index (χ3v) is 12.0. The summed E-state index contributed by atoms with van der Waals surface area (Å²) in [6.45, 7) is 20.3. The van der Waals surface area contributed by atoms with E-state index >= 15 is 0 Å². The Morgan fingerprint density at radius 3 is 0.950 bits per heavy atom. The van der Waals surface area contributed by atoms with Gasteiger partial charge in [0.05, 0.1) is 0 Å². The minimum atomic E-state index is -2.75. The predicted octanol–water partition coefficient (Wildman–Crippen LogP) is 7.10. The van der Waals surface area contributed by atoms with Crippen LogP contribution in [0.5, 0.6) is 0 Å². The zero-order chi connectivity index (χ0) is 16.2. The zero-order valence-electron chi connectivity index (χ0n) is 15.7. The molecule has 0 fully saturated rings. The highest BCUT2D eigenvalue weighted by atomic mass is 28.4. The van der Waals surface area contributed by atoms with Crippen molar-refractivity contribution < 1.29 is 4.80 Å². The lowest BCUT2D eigenvalue weighted by Crippen LogP contribution is -2.60. The number of hydrogen-bond acceptors (Lipinski definition) is 0. The molecule has 0 bridgehead atoms. The van der Waals surface area contributed by atoms with Crippen molar-refractivity contribution in [1.29, 1.82) is 0 Å². The van der Waals surface area contributed by atoms with E-state index in [1.807, 2.05) is 0 Å². The molecule has 0 N–H and O–H groups in total. The van der Waals surface area contributed by atoms with Gasteiger partial charge in [0, 0.05) is 0 Å². The lowest BCUT2D eigenvalue weighted by atomic mass is 10.0. The Balaban J connectivity index is 5.92. The largest absolute Gasteiger partial charge is 0.296 e. The molecule has 0 aliphatic carbocycles. The lowest BCUT2D eigenvalue weighted by molar-refractivity contribution is 0.260. The van der Waals surface area contributed by atoms with Gasteiger partial charge in [0.1, 0.15) is 0 Å². The first kappa shape index (κ1) is 20.2. The van der Waals surface area contributed by atoms with Crippen molar-refractivity contribution in [3.8, 4) is 0 Å². The number of hydrogen-bond donors (Lipinski definition) is 0. The molecule has 0 unspecified atom stereocenters. The summed E-state index contributed by atoms with van der Waals surface area (Å²) in [4.78, 5) is 14.5. The summed E-state index contributed by atoms with van der Waals surface area (Å²) < 4.78 is 0. The van der Waals surface area contributed by atoms with E-state index in [9.17, 15) is 4.80 Å². The highest BCUT2D eigenvalue weighted by Crippen LogP contribution is 2.65. The van der Waals surface area contributed by atoms with Crippen LogP contribution in [0.1, 0.15) is 101 Å². The van der Waals surface area contributed by atoms with Gasteiger partial charge in [0.25, 0.3) is 8.32 Å². The second kappa shape index (κ2) is 6.96. The van der Waals surface area contributed by atoms with Crippen molar-refractivity contribution in [2.24, 2.45) is 0 Å². The van der Waals surface area contributed by atoms with E-state index in [1.165, 1.54) is 0 Å². The summed E-state index contributed by atoms with van der Waals surface area (Å²) in [5.74, 6) is 0. The Hall–Kier alpha value is 0.177. The molecule has 2 heteroatoms. The molecule has 0 spiro atoms. The first-order chi connectivity index (χ1) is 8.93. The fourth-order valence-corrected chi connectivity index (χ4v) is 12.5. The molecule has 0 saturated carbocycles. The molecule has 0 amide bonds. The average Bonchev–Trinajstić information content (AvgIpc) is 2.26. The molecule has 20 heavy (non-hydrogen) atoms. The molecule has 0 rings (SSSR count). The smallest absolute Gasteiger partial charge is 0.254 e. The Bertz CT molecular complexity index is 246. The third kappa shape index (κ3) is 3.49. The zero-order valence-corrected chi connectivity index (χ0v) is 16.7. The molecule has 0 aliphatic rings. The SMILES string of the molecule is CCCC(C)(C)[Si]([O])(C(C)(C)CCC)C(C)(C)CCC. The second-order valence-electron chi connectivity index (χ2n) is 8.58. The molecule has 0 aromatic rings. The highest BCUT2D eigenvalue weighted by molar-refractivity contribution is 6.80. The topological polar surface area (TPSA) is 19.9 Å². The van der Waals surface area contributed by atoms with Crippen LogP contribution in [-0.4, -0.2) is 8.32 Å². The first-order valence-electron chi connectivity index (χ1n) is 8.64. The molecule has 0 atom stereocenters. The van der Waals surface area contributed by atoms with Gasteiger partial charge in [-0.1, -0.05) is 81.6 Å². The van der Waals surface area contributed by atoms with E-state index in [0.717, 1.165) is 38.5 Å². The van der Waals surface area contributed by atoms with Gasteiger partial charge in [-0.3, -0.25) is 4.80 Å². The van der Waals surface area contributed by atoms with Crippen LogP contribution < -0.4 is 0 Å². The molecule has 0 heterocycles. The van der Waals surface area contributed by atoms with Crippen molar-refractivity contribution in [2.45, 2.75) is 116 Å². The molecule has 0 saturated heterocycles. The van der Waals surface area contributed by atoms with Crippen molar-refractivity contribution >= 4 is 8.32 Å². The van der Waals surface area contributed by atoms with E-state index in [2.05, 4.69) is 62.3 Å². The molecular formula is C18H39OSi. The Labute approximate surface area is 129 Å². The molecule has 1 nitrogen and oxygen atoms in total. The molecule has 0 aliphatic heterocycles. The van der Waals surface area contributed by atoms with Gasteiger partial charge in [0.15, 0.2) is 0 Å². The normalized spacial score (nSPS) is 14.7. The lowest BCUT2D eigenvalue weighted by Gasteiger charge is -2.56. The van der Waals surface area contributed by atoms with Crippen LogP contribution in [0.4, 0.5) is 0 Å². The minimum absolute atomic E-state index is 0.0426. The third-order valence-electron chi connectivity index (χ3n) is 5.48. The van der Waals surface area contributed by atoms with Crippen LogP contribution >= 0.6 is 0 Å². The Kier molecular flexibility index (Phi) is 7.02. The van der Waals surface area contributed by atoms with Crippen molar-refractivity contribution in [3.63, 3.8) is 0 Å². The summed E-state index contributed by atoms with van der Waals surface area (Å²) in [6, 6.07) is 0. The van der Waals surface area contributed by atoms with E-state index in [4.69, 9.17) is 0 Å². The van der Waals surface area contributed by atoms with Crippen LogP contribution in [0, 0.1) is 0 Å². The quantitative estimate of drug-likeness (QED) is 0.404. The molecule has 0 aromatic heterocycles. The fourth-order valence-electron chi connectivity index (χ4n) is 5.15. The van der Waals surface area contributed by atoms with Crippen LogP contribution in [0.15, 0.2) is 0 Å². The summed E-state index contributed by atoms with van der Waals surface area (Å²) >= 11 is 0. The van der Waals surface area contributed by atoms with E-state index in [0.29, 0.717) is 0 Å². The Morgan fingerprint density at radius 2 is 0.800 bits per heavy atom. The van der Waals surface area contributed by atoms with Crippen LogP contribution in [0.3, 0.4) is 0 Å². The maximum Gasteiger partial charge on any atom is 0.254 e. The van der Waals surface area contributed by atoms with Crippen molar-refractivity contribution in [3.05, 3.63) is 0 Å². The van der Waals surface area contributed by atoms with Crippen LogP contribution in [0.2, 0.25) is 15.1 Å². The summed E-state index contributed by atoms with van der Waals surface area (Å²) in [6.07, 6.45) is 6.58. The van der Waals surface area contributed by atoms with Gasteiger partial charge < -0.3 is 0 Å². The molecule has 121 valence electrons. The van der Waals surface area contributed by atoms with Crippen LogP contribution in [-0.2, 0) is 4.80 Å². The maximum atomic E-state index is 14.5. The average molecular weight is 300 g/mol. The maximum absolute atomic E-state index is 14.5. The van der Waals surface area contributed by atoms with Gasteiger partial charge in [-0.25, -0.2) is 0 Å². The molecule has 0 aromatic carbocycles. The van der Waals surface area contributed by atoms with Gasteiger partial charge in [0.2, 0.25) is 0 Å². The first-order valence-corrected chi connectivity index (χ1v) is 10.5. The van der Waals surface area contributed by atoms with Gasteiger partial charge in [-0.05, 0) is 34.4 Å². The van der Waals surface area contributed by atoms with Crippen LogP contribution in [0.25, 0.3) is 0 Å². The summed E-state index contributed by atoms with van der Waals surface area (Å²) in [7, 11) is -2.75. The second-order valence-corrected chi connectivity index (χ2v) is 14.0. The standard InChI is InChI=1S/C18H39OSi/c1-10-13-16(4,5)20(19,17(6,7)14-11-2)18(8,9)15-12-3/h10-15H2,1-9H3. The van der Waals surface area contributed by atoms with E-state index < -0.39 is 8.32 Å². The van der Waals surface area contributed by atoms with Crippen molar-refractivity contribution in [1.82, 2.24) is 0 Å². The van der Waals surface area contributed by atoms with Gasteiger partial charge >= 0.3 is 0 Å². The summed E-state index contributed by atoms with van der Waals surface area (Å²) in [5, 5.41) is -0.128. The van der Waals surface area contributed by atoms with Gasteiger partial charge in [-0.2, -0.15) is 0 Å². The highest BCUT2D eigenvalue weighted by Gasteiger charge is 2.65. The molecular weight excluding hydrogens is 260 g/mol. The predicted molar refractivity (Wildman–Crippen MR) is 93.3 cm³/mol. The van der Waals surface area contributed by atoms with Crippen molar-refractivity contribution in [2.75, 3.05) is 0 Å². The minimum Gasteiger partial charge on any atom is -0.296 e.